The predicted molar refractivity (Wildman–Crippen MR) is 102 cm³/mol. The molecule has 2 aromatic carbocycles. The second-order valence-electron chi connectivity index (χ2n) is 6.73. The summed E-state index contributed by atoms with van der Waals surface area (Å²) in [5, 5.41) is 27.7. The van der Waals surface area contributed by atoms with Crippen LogP contribution in [0.4, 0.5) is 13.2 Å². The maximum atomic E-state index is 12.6. The van der Waals surface area contributed by atoms with Crippen LogP contribution in [0.5, 0.6) is 5.75 Å². The maximum absolute atomic E-state index is 12.6. The van der Waals surface area contributed by atoms with Crippen molar-refractivity contribution < 1.29 is 22.7 Å². The number of alkyl halides is 3. The number of aromatic nitrogens is 3. The van der Waals surface area contributed by atoms with Crippen LogP contribution in [0.2, 0.25) is 5.02 Å². The maximum Gasteiger partial charge on any atom is 0.573 e. The Morgan fingerprint density at radius 3 is 2.55 bits per heavy atom. The molecular formula is C19H12ClF3N6O2. The lowest BCUT2D eigenvalue weighted by atomic mass is 9.81. The van der Waals surface area contributed by atoms with Gasteiger partial charge < -0.3 is 10.5 Å². The van der Waals surface area contributed by atoms with E-state index in [2.05, 4.69) is 14.9 Å². The van der Waals surface area contributed by atoms with Crippen molar-refractivity contribution in [1.82, 2.24) is 15.0 Å². The Hall–Kier alpha value is -3.83. The lowest BCUT2D eigenvalue weighted by Gasteiger charge is -2.24. The van der Waals surface area contributed by atoms with Gasteiger partial charge in [-0.2, -0.15) is 25.5 Å². The second kappa shape index (κ2) is 7.78. The number of ether oxygens (including phenoxy) is 1. The summed E-state index contributed by atoms with van der Waals surface area (Å²) in [7, 11) is 0. The number of nitrogens with two attached hydrogens (primary N) is 1. The summed E-state index contributed by atoms with van der Waals surface area (Å²) in [5.74, 6) is -1.56. The minimum atomic E-state index is -4.97. The number of carbonyl (C=O) groups excluding carboxylic acids is 1. The van der Waals surface area contributed by atoms with E-state index in [1.54, 1.807) is 0 Å². The van der Waals surface area contributed by atoms with Gasteiger partial charge in [-0.05, 0) is 42.8 Å². The molecule has 0 bridgehead atoms. The van der Waals surface area contributed by atoms with Crippen LogP contribution in [0, 0.1) is 22.7 Å². The van der Waals surface area contributed by atoms with Crippen molar-refractivity contribution in [2.75, 3.05) is 0 Å². The molecule has 2 N–H and O–H groups in total. The van der Waals surface area contributed by atoms with Crippen molar-refractivity contribution in [3.05, 3.63) is 52.0 Å². The van der Waals surface area contributed by atoms with Gasteiger partial charge in [0.25, 0.3) is 0 Å². The number of halogens is 4. The van der Waals surface area contributed by atoms with E-state index >= 15 is 0 Å². The second-order valence-corrected chi connectivity index (χ2v) is 7.16. The summed E-state index contributed by atoms with van der Waals surface area (Å²) in [6.45, 7) is 1.12. The largest absolute Gasteiger partial charge is 0.573 e. The number of hydrogen-bond donors (Lipinski definition) is 1. The molecule has 8 nitrogen and oxygen atoms in total. The smallest absolute Gasteiger partial charge is 0.406 e. The lowest BCUT2D eigenvalue weighted by Crippen LogP contribution is -2.31. The fourth-order valence-corrected chi connectivity index (χ4v) is 3.25. The Kier molecular flexibility index (Phi) is 5.49. The first kappa shape index (κ1) is 21.9. The summed E-state index contributed by atoms with van der Waals surface area (Å²) in [6, 6.07) is 9.69. The minimum Gasteiger partial charge on any atom is -0.406 e. The summed E-state index contributed by atoms with van der Waals surface area (Å²) in [5.41, 5.74) is 4.20. The standard InChI is InChI=1S/C19H12ClF3N6O2/c1-18(8-25,9-29-27-15-5-11(20)4-10(7-24)16(15)28-29)14-6-12(31-19(21,22)23)2-3-13(14)17(26)30/h2-6H,9H2,1H3,(H2,26,30). The summed E-state index contributed by atoms with van der Waals surface area (Å²) in [4.78, 5) is 13.0. The van der Waals surface area contributed by atoms with Crippen molar-refractivity contribution in [1.29, 1.82) is 10.5 Å². The Labute approximate surface area is 178 Å². The van der Waals surface area contributed by atoms with E-state index in [1.807, 2.05) is 12.1 Å². The van der Waals surface area contributed by atoms with Gasteiger partial charge in [0.1, 0.15) is 28.3 Å². The number of fused-ring (bicyclic) bond motifs is 1. The molecule has 0 aliphatic carbocycles. The molecule has 0 saturated carbocycles. The van der Waals surface area contributed by atoms with Gasteiger partial charge in [0.05, 0.1) is 18.2 Å². The summed E-state index contributed by atoms with van der Waals surface area (Å²) < 4.78 is 41.8. The molecule has 0 radical (unpaired) electrons. The molecule has 1 aromatic heterocycles. The van der Waals surface area contributed by atoms with E-state index in [0.717, 1.165) is 23.0 Å². The molecule has 1 atom stereocenters. The molecule has 0 saturated heterocycles. The number of carbonyl (C=O) groups is 1. The third kappa shape index (κ3) is 4.52. The van der Waals surface area contributed by atoms with Crippen LogP contribution in [-0.4, -0.2) is 27.3 Å². The number of rotatable bonds is 5. The minimum absolute atomic E-state index is 0.0934. The van der Waals surface area contributed by atoms with Crippen LogP contribution in [-0.2, 0) is 12.0 Å². The van der Waals surface area contributed by atoms with E-state index in [4.69, 9.17) is 17.3 Å². The van der Waals surface area contributed by atoms with Gasteiger partial charge in [-0.15, -0.1) is 13.2 Å². The molecular weight excluding hydrogens is 437 g/mol. The van der Waals surface area contributed by atoms with Gasteiger partial charge in [-0.1, -0.05) is 11.6 Å². The van der Waals surface area contributed by atoms with Crippen LogP contribution in [0.1, 0.15) is 28.4 Å². The quantitative estimate of drug-likeness (QED) is 0.636. The Morgan fingerprint density at radius 2 is 1.97 bits per heavy atom. The molecule has 31 heavy (non-hydrogen) atoms. The third-order valence-electron chi connectivity index (χ3n) is 4.40. The highest BCUT2D eigenvalue weighted by molar-refractivity contribution is 6.31. The molecule has 1 heterocycles. The van der Waals surface area contributed by atoms with E-state index in [-0.39, 0.29) is 39.3 Å². The molecule has 0 fully saturated rings. The van der Waals surface area contributed by atoms with Crippen LogP contribution >= 0.6 is 11.6 Å². The van der Waals surface area contributed by atoms with Crippen LogP contribution in [0.25, 0.3) is 11.0 Å². The van der Waals surface area contributed by atoms with E-state index in [0.29, 0.717) is 0 Å². The molecule has 0 aliphatic rings. The van der Waals surface area contributed by atoms with Gasteiger partial charge in [-0.3, -0.25) is 4.79 Å². The summed E-state index contributed by atoms with van der Waals surface area (Å²) in [6.07, 6.45) is -4.97. The average Bonchev–Trinajstić information content (AvgIpc) is 3.07. The van der Waals surface area contributed by atoms with Crippen molar-refractivity contribution in [3.63, 3.8) is 0 Å². The van der Waals surface area contributed by atoms with E-state index in [1.165, 1.54) is 19.1 Å². The first-order chi connectivity index (χ1) is 14.5. The van der Waals surface area contributed by atoms with Gasteiger partial charge in [0.2, 0.25) is 5.91 Å². The monoisotopic (exact) mass is 448 g/mol. The zero-order valence-corrected chi connectivity index (χ0v) is 16.5. The number of primary amides is 1. The number of hydrogen-bond acceptors (Lipinski definition) is 6. The van der Waals surface area contributed by atoms with Gasteiger partial charge >= 0.3 is 6.36 Å². The zero-order chi connectivity index (χ0) is 23.0. The molecule has 0 spiro atoms. The molecule has 3 rings (SSSR count). The molecule has 0 aliphatic heterocycles. The number of amides is 1. The average molecular weight is 449 g/mol. The SMILES string of the molecule is CC(C#N)(Cn1nc2cc(Cl)cc(C#N)c2n1)c1cc(OC(F)(F)F)ccc1C(N)=O. The highest BCUT2D eigenvalue weighted by Crippen LogP contribution is 2.33. The fourth-order valence-electron chi connectivity index (χ4n) is 3.04. The van der Waals surface area contributed by atoms with Crippen LogP contribution in [0.3, 0.4) is 0 Å². The molecule has 1 amide bonds. The first-order valence-electron chi connectivity index (χ1n) is 8.51. The normalized spacial score (nSPS) is 13.3. The molecule has 158 valence electrons. The zero-order valence-electron chi connectivity index (χ0n) is 15.7. The fraction of sp³-hybridized carbons (Fsp3) is 0.211. The number of benzene rings is 2. The van der Waals surface area contributed by atoms with E-state index in [9.17, 15) is 28.5 Å². The number of nitriles is 2. The van der Waals surface area contributed by atoms with Crippen molar-refractivity contribution >= 4 is 28.5 Å². The molecule has 12 heteroatoms. The van der Waals surface area contributed by atoms with Crippen LogP contribution < -0.4 is 10.5 Å². The molecule has 3 aromatic rings. The van der Waals surface area contributed by atoms with Gasteiger partial charge in [0.15, 0.2) is 0 Å². The first-order valence-corrected chi connectivity index (χ1v) is 8.89. The molecule has 1 unspecified atom stereocenters. The van der Waals surface area contributed by atoms with Crippen molar-refractivity contribution in [3.8, 4) is 17.9 Å². The van der Waals surface area contributed by atoms with Gasteiger partial charge in [-0.25, -0.2) is 0 Å². The highest BCUT2D eigenvalue weighted by Gasteiger charge is 2.35. The highest BCUT2D eigenvalue weighted by atomic mass is 35.5. The Morgan fingerprint density at radius 1 is 1.26 bits per heavy atom. The predicted octanol–water partition coefficient (Wildman–Crippen LogP) is 3.44. The van der Waals surface area contributed by atoms with Crippen molar-refractivity contribution in [2.24, 2.45) is 5.73 Å². The third-order valence-corrected chi connectivity index (χ3v) is 4.62. The van der Waals surface area contributed by atoms with E-state index < -0.39 is 23.4 Å². The number of nitrogens with zero attached hydrogens (tertiary/aromatic N) is 5. The summed E-state index contributed by atoms with van der Waals surface area (Å²) >= 11 is 5.96. The Bertz CT molecular complexity index is 1270. The van der Waals surface area contributed by atoms with Crippen molar-refractivity contribution in [2.45, 2.75) is 25.2 Å². The Balaban J connectivity index is 2.11. The lowest BCUT2D eigenvalue weighted by molar-refractivity contribution is -0.274. The van der Waals surface area contributed by atoms with Crippen LogP contribution in [0.15, 0.2) is 30.3 Å². The topological polar surface area (TPSA) is 131 Å². The van der Waals surface area contributed by atoms with Gasteiger partial charge in [0, 0.05) is 10.6 Å².